The van der Waals surface area contributed by atoms with E-state index in [1.165, 1.54) is 43.3 Å². The van der Waals surface area contributed by atoms with Gasteiger partial charge < -0.3 is 5.32 Å². The van der Waals surface area contributed by atoms with Crippen LogP contribution in [0.25, 0.3) is 0 Å². The number of amides is 1. The summed E-state index contributed by atoms with van der Waals surface area (Å²) in [6, 6.07) is 11.6. The van der Waals surface area contributed by atoms with Gasteiger partial charge in [-0.1, -0.05) is 29.8 Å². The summed E-state index contributed by atoms with van der Waals surface area (Å²) in [6.07, 6.45) is -5.01. The topological polar surface area (TPSA) is 87.6 Å². The van der Waals surface area contributed by atoms with E-state index in [9.17, 15) is 26.4 Å². The van der Waals surface area contributed by atoms with Crippen molar-refractivity contribution in [2.24, 2.45) is 5.10 Å². The van der Waals surface area contributed by atoms with Crippen LogP contribution in [0.5, 0.6) is 0 Å². The third-order valence-corrected chi connectivity index (χ3v) is 4.68. The van der Waals surface area contributed by atoms with Crippen molar-refractivity contribution in [1.29, 1.82) is 0 Å². The van der Waals surface area contributed by atoms with Crippen molar-refractivity contribution in [3.63, 3.8) is 0 Å². The van der Waals surface area contributed by atoms with E-state index in [0.29, 0.717) is 5.56 Å². The molecule has 2 aromatic carbocycles. The Hall–Kier alpha value is -2.88. The molecule has 0 spiro atoms. The van der Waals surface area contributed by atoms with Crippen molar-refractivity contribution in [3.05, 3.63) is 59.7 Å². The van der Waals surface area contributed by atoms with E-state index in [0.717, 1.165) is 5.56 Å². The molecule has 0 aromatic heterocycles. The Morgan fingerprint density at radius 1 is 1.07 bits per heavy atom. The van der Waals surface area contributed by atoms with Crippen LogP contribution in [0, 0.1) is 6.92 Å². The molecule has 0 saturated carbocycles. The second-order valence-electron chi connectivity index (χ2n) is 5.64. The molecule has 0 aliphatic rings. The molecular weight excluding hydrogens is 383 g/mol. The van der Waals surface area contributed by atoms with Gasteiger partial charge in [0, 0.05) is 5.69 Å². The third-order valence-electron chi connectivity index (χ3n) is 3.46. The number of aryl methyl sites for hydroxylation is 1. The van der Waals surface area contributed by atoms with Crippen molar-refractivity contribution in [2.75, 3.05) is 5.32 Å². The normalized spacial score (nSPS) is 12.6. The molecule has 2 rings (SSSR count). The van der Waals surface area contributed by atoms with E-state index in [1.54, 1.807) is 17.4 Å². The van der Waals surface area contributed by atoms with Gasteiger partial charge in [0.05, 0.1) is 10.6 Å². The number of halogens is 3. The lowest BCUT2D eigenvalue weighted by molar-refractivity contribution is -0.167. The van der Waals surface area contributed by atoms with Gasteiger partial charge in [0.15, 0.2) is 0 Å². The third kappa shape index (κ3) is 5.55. The number of hydrogen-bond donors (Lipinski definition) is 2. The lowest BCUT2D eigenvalue weighted by Gasteiger charge is -2.10. The van der Waals surface area contributed by atoms with Crippen molar-refractivity contribution in [1.82, 2.24) is 4.83 Å². The minimum absolute atomic E-state index is 0.0239. The Labute approximate surface area is 154 Å². The number of benzene rings is 2. The van der Waals surface area contributed by atoms with Crippen LogP contribution in [0.1, 0.15) is 18.1 Å². The first-order valence-corrected chi connectivity index (χ1v) is 9.09. The van der Waals surface area contributed by atoms with Gasteiger partial charge in [-0.05, 0) is 43.7 Å². The van der Waals surface area contributed by atoms with Crippen LogP contribution in [-0.4, -0.2) is 26.2 Å². The maximum Gasteiger partial charge on any atom is 0.471 e. The molecule has 0 fully saturated rings. The molecular formula is C17H16F3N3O3S. The second kappa shape index (κ2) is 7.78. The van der Waals surface area contributed by atoms with Gasteiger partial charge in [0.1, 0.15) is 0 Å². The Morgan fingerprint density at radius 2 is 1.70 bits per heavy atom. The molecule has 0 unspecified atom stereocenters. The van der Waals surface area contributed by atoms with Crippen LogP contribution in [0.15, 0.2) is 58.5 Å². The predicted octanol–water partition coefficient (Wildman–Crippen LogP) is 3.20. The first kappa shape index (κ1) is 20.4. The highest BCUT2D eigenvalue weighted by atomic mass is 32.2. The number of carbonyl (C=O) groups is 1. The summed E-state index contributed by atoms with van der Waals surface area (Å²) in [5, 5.41) is 5.50. The fourth-order valence-corrected chi connectivity index (χ4v) is 2.84. The molecule has 0 bridgehead atoms. The highest BCUT2D eigenvalue weighted by Gasteiger charge is 2.38. The van der Waals surface area contributed by atoms with E-state index in [2.05, 4.69) is 9.93 Å². The molecule has 0 heterocycles. The lowest BCUT2D eigenvalue weighted by Crippen LogP contribution is -2.29. The second-order valence-corrected chi connectivity index (χ2v) is 7.30. The van der Waals surface area contributed by atoms with Crippen molar-refractivity contribution < 1.29 is 26.4 Å². The Bertz CT molecular complexity index is 969. The molecule has 6 nitrogen and oxygen atoms in total. The van der Waals surface area contributed by atoms with E-state index in [4.69, 9.17) is 0 Å². The Kier molecular flexibility index (Phi) is 5.89. The summed E-state index contributed by atoms with van der Waals surface area (Å²) in [7, 11) is -3.88. The molecule has 10 heteroatoms. The predicted molar refractivity (Wildman–Crippen MR) is 94.8 cm³/mol. The van der Waals surface area contributed by atoms with E-state index >= 15 is 0 Å². The van der Waals surface area contributed by atoms with Gasteiger partial charge in [-0.2, -0.15) is 31.5 Å². The average Bonchev–Trinajstić information content (AvgIpc) is 2.59. The van der Waals surface area contributed by atoms with Crippen LogP contribution in [0.4, 0.5) is 18.9 Å². The zero-order valence-electron chi connectivity index (χ0n) is 14.3. The van der Waals surface area contributed by atoms with Crippen LogP contribution in [0.2, 0.25) is 0 Å². The number of nitrogens with zero attached hydrogens (tertiary/aromatic N) is 1. The summed E-state index contributed by atoms with van der Waals surface area (Å²) in [5.74, 6) is -2.10. The smallest absolute Gasteiger partial charge is 0.318 e. The van der Waals surface area contributed by atoms with E-state index < -0.39 is 22.1 Å². The molecule has 0 aliphatic carbocycles. The van der Waals surface area contributed by atoms with E-state index in [-0.39, 0.29) is 16.3 Å². The molecule has 0 atom stereocenters. The maximum absolute atomic E-state index is 12.3. The summed E-state index contributed by atoms with van der Waals surface area (Å²) < 4.78 is 61.4. The number of rotatable bonds is 5. The number of anilines is 1. The number of hydrogen-bond acceptors (Lipinski definition) is 4. The molecule has 0 radical (unpaired) electrons. The Balaban J connectivity index is 2.17. The quantitative estimate of drug-likeness (QED) is 0.598. The molecule has 2 aromatic rings. The van der Waals surface area contributed by atoms with Gasteiger partial charge in [0.2, 0.25) is 0 Å². The Morgan fingerprint density at radius 3 is 2.30 bits per heavy atom. The zero-order chi connectivity index (χ0) is 20.2. The number of sulfonamides is 1. The minimum Gasteiger partial charge on any atom is -0.318 e. The highest BCUT2D eigenvalue weighted by Crippen LogP contribution is 2.19. The van der Waals surface area contributed by atoms with Gasteiger partial charge in [-0.15, -0.1) is 0 Å². The van der Waals surface area contributed by atoms with Crippen LogP contribution < -0.4 is 10.1 Å². The molecule has 2 N–H and O–H groups in total. The number of nitrogens with one attached hydrogen (secondary N) is 2. The number of carbonyl (C=O) groups excluding carboxylic acids is 1. The maximum atomic E-state index is 12.3. The van der Waals surface area contributed by atoms with Crippen molar-refractivity contribution >= 4 is 27.3 Å². The lowest BCUT2D eigenvalue weighted by atomic mass is 10.1. The summed E-state index contributed by atoms with van der Waals surface area (Å²) in [6.45, 7) is 3.29. The highest BCUT2D eigenvalue weighted by molar-refractivity contribution is 7.89. The molecule has 144 valence electrons. The SMILES string of the molecule is C/C(=N/NS(=O)(=O)c1ccc(C)cc1)c1cccc(NC(=O)C(F)(F)F)c1. The fourth-order valence-electron chi connectivity index (χ4n) is 1.99. The molecule has 27 heavy (non-hydrogen) atoms. The fraction of sp³-hybridized carbons (Fsp3) is 0.176. The van der Waals surface area contributed by atoms with Crippen molar-refractivity contribution in [3.8, 4) is 0 Å². The van der Waals surface area contributed by atoms with Crippen LogP contribution in [0.3, 0.4) is 0 Å². The summed E-state index contributed by atoms with van der Waals surface area (Å²) >= 11 is 0. The number of hydrazone groups is 1. The standard InChI is InChI=1S/C17H16F3N3O3S/c1-11-6-8-15(9-7-11)27(25,26)23-22-12(2)13-4-3-5-14(10-13)21-16(24)17(18,19)20/h3-10,23H,1-2H3,(H,21,24)/b22-12-. The minimum atomic E-state index is -5.01. The monoisotopic (exact) mass is 399 g/mol. The van der Waals surface area contributed by atoms with Crippen LogP contribution >= 0.6 is 0 Å². The first-order chi connectivity index (χ1) is 12.5. The molecule has 1 amide bonds. The molecule has 0 aliphatic heterocycles. The molecule has 0 saturated heterocycles. The van der Waals surface area contributed by atoms with Crippen molar-refractivity contribution in [2.45, 2.75) is 24.9 Å². The van der Waals surface area contributed by atoms with Crippen LogP contribution in [-0.2, 0) is 14.8 Å². The first-order valence-electron chi connectivity index (χ1n) is 7.60. The zero-order valence-corrected chi connectivity index (χ0v) is 15.1. The van der Waals surface area contributed by atoms with E-state index in [1.807, 2.05) is 6.92 Å². The average molecular weight is 399 g/mol. The summed E-state index contributed by atoms with van der Waals surface area (Å²) in [5.41, 5.74) is 1.34. The van der Waals surface area contributed by atoms with Gasteiger partial charge in [-0.3, -0.25) is 4.79 Å². The van der Waals surface area contributed by atoms with Gasteiger partial charge in [-0.25, -0.2) is 0 Å². The number of alkyl halides is 3. The summed E-state index contributed by atoms with van der Waals surface area (Å²) in [4.78, 5) is 13.1. The van der Waals surface area contributed by atoms with Gasteiger partial charge >= 0.3 is 12.1 Å². The largest absolute Gasteiger partial charge is 0.471 e. The van der Waals surface area contributed by atoms with Gasteiger partial charge in [0.25, 0.3) is 10.0 Å².